The van der Waals surface area contributed by atoms with Crippen molar-refractivity contribution < 1.29 is 26.9 Å². The average Bonchev–Trinajstić information content (AvgIpc) is 2.73. The Morgan fingerprint density at radius 1 is 0.750 bits per heavy atom. The number of ether oxygens (including phenoxy) is 1. The summed E-state index contributed by atoms with van der Waals surface area (Å²) >= 11 is 0. The van der Waals surface area contributed by atoms with Crippen LogP contribution in [0.5, 0.6) is 5.75 Å². The van der Waals surface area contributed by atoms with Gasteiger partial charge >= 0.3 is 16.1 Å². The highest BCUT2D eigenvalue weighted by molar-refractivity contribution is 7.87. The lowest BCUT2D eigenvalue weighted by Crippen LogP contribution is -2.11. The second kappa shape index (κ2) is 8.06. The van der Waals surface area contributed by atoms with Gasteiger partial charge in [0.25, 0.3) is 0 Å². The molecule has 6 nitrogen and oxygen atoms in total. The third-order valence-corrected chi connectivity index (χ3v) is 5.15. The van der Waals surface area contributed by atoms with Crippen LogP contribution >= 0.6 is 0 Å². The Labute approximate surface area is 162 Å². The van der Waals surface area contributed by atoms with Crippen molar-refractivity contribution in [3.8, 4) is 5.75 Å². The van der Waals surface area contributed by atoms with Gasteiger partial charge in [0, 0.05) is 11.1 Å². The summed E-state index contributed by atoms with van der Waals surface area (Å²) in [7, 11) is -2.95. The van der Waals surface area contributed by atoms with Gasteiger partial charge < -0.3 is 8.92 Å². The molecule has 0 amide bonds. The first kappa shape index (κ1) is 19.3. The van der Waals surface area contributed by atoms with Gasteiger partial charge in [-0.3, -0.25) is 4.79 Å². The molecule has 0 heterocycles. The zero-order chi connectivity index (χ0) is 20.1. The topological polar surface area (TPSA) is 86.7 Å². The Bertz CT molecular complexity index is 1100. The quantitative estimate of drug-likeness (QED) is 0.360. The van der Waals surface area contributed by atoms with Crippen LogP contribution in [0.15, 0.2) is 83.8 Å². The maximum absolute atomic E-state index is 12.5. The van der Waals surface area contributed by atoms with E-state index in [9.17, 15) is 18.0 Å². The number of hydrogen-bond acceptors (Lipinski definition) is 6. The molecule has 0 fully saturated rings. The maximum Gasteiger partial charge on any atom is 0.339 e. The first-order valence-corrected chi connectivity index (χ1v) is 9.64. The van der Waals surface area contributed by atoms with Crippen LogP contribution in [-0.4, -0.2) is 27.3 Å². The molecule has 0 radical (unpaired) electrons. The van der Waals surface area contributed by atoms with Gasteiger partial charge in [-0.25, -0.2) is 4.79 Å². The lowest BCUT2D eigenvalue weighted by Gasteiger charge is -2.09. The molecule has 142 valence electrons. The molecule has 0 N–H and O–H groups in total. The van der Waals surface area contributed by atoms with E-state index in [1.54, 1.807) is 24.3 Å². The Balaban J connectivity index is 1.80. The highest BCUT2D eigenvalue weighted by Gasteiger charge is 2.19. The standard InChI is InChI=1S/C21H16O6S/c1-26-21(23)17-8-5-9-19(14-17)28(24,25)27-18-12-10-16(11-13-18)20(22)15-6-3-2-4-7-15/h2-14H,1H3. The zero-order valence-corrected chi connectivity index (χ0v) is 15.7. The van der Waals surface area contributed by atoms with E-state index in [2.05, 4.69) is 4.74 Å². The summed E-state index contributed by atoms with van der Waals surface area (Å²) in [6, 6.07) is 19.9. The molecule has 0 unspecified atom stereocenters. The van der Waals surface area contributed by atoms with Crippen molar-refractivity contribution in [2.75, 3.05) is 7.11 Å². The SMILES string of the molecule is COC(=O)c1cccc(S(=O)(=O)Oc2ccc(C(=O)c3ccccc3)cc2)c1. The van der Waals surface area contributed by atoms with Crippen LogP contribution in [0.2, 0.25) is 0 Å². The van der Waals surface area contributed by atoms with E-state index in [-0.39, 0.29) is 22.0 Å². The monoisotopic (exact) mass is 396 g/mol. The number of esters is 1. The minimum atomic E-state index is -4.16. The summed E-state index contributed by atoms with van der Waals surface area (Å²) in [6.45, 7) is 0. The fraction of sp³-hybridized carbons (Fsp3) is 0.0476. The molecule has 0 bridgehead atoms. The van der Waals surface area contributed by atoms with E-state index in [1.807, 2.05) is 6.07 Å². The van der Waals surface area contributed by atoms with Crippen LogP contribution in [-0.2, 0) is 14.9 Å². The van der Waals surface area contributed by atoms with Crippen LogP contribution < -0.4 is 4.18 Å². The fourth-order valence-corrected chi connectivity index (χ4v) is 3.47. The molecule has 3 aromatic rings. The molecule has 0 atom stereocenters. The van der Waals surface area contributed by atoms with Gasteiger partial charge in [0.05, 0.1) is 12.7 Å². The summed E-state index contributed by atoms with van der Waals surface area (Å²) in [6.07, 6.45) is 0. The molecule has 0 saturated heterocycles. The third kappa shape index (κ3) is 4.27. The molecule has 7 heteroatoms. The number of rotatable bonds is 6. The smallest absolute Gasteiger partial charge is 0.339 e. The lowest BCUT2D eigenvalue weighted by molar-refractivity contribution is 0.0600. The molecular formula is C21H16O6S. The van der Waals surface area contributed by atoms with E-state index in [1.165, 1.54) is 55.6 Å². The number of benzene rings is 3. The van der Waals surface area contributed by atoms with Crippen molar-refractivity contribution >= 4 is 21.9 Å². The summed E-state index contributed by atoms with van der Waals surface area (Å²) in [4.78, 5) is 23.8. The molecule has 0 saturated carbocycles. The first-order valence-electron chi connectivity index (χ1n) is 8.23. The number of carbonyl (C=O) groups is 2. The van der Waals surface area contributed by atoms with E-state index < -0.39 is 16.1 Å². The normalized spacial score (nSPS) is 10.9. The van der Waals surface area contributed by atoms with Gasteiger partial charge in [0.2, 0.25) is 0 Å². The molecule has 3 rings (SSSR count). The second-order valence-corrected chi connectivity index (χ2v) is 7.32. The Hall–Kier alpha value is -3.45. The summed E-state index contributed by atoms with van der Waals surface area (Å²) in [5.74, 6) is -0.783. The molecule has 0 aliphatic heterocycles. The Morgan fingerprint density at radius 2 is 1.36 bits per heavy atom. The highest BCUT2D eigenvalue weighted by atomic mass is 32.2. The second-order valence-electron chi connectivity index (χ2n) is 5.78. The lowest BCUT2D eigenvalue weighted by atomic mass is 10.0. The van der Waals surface area contributed by atoms with Crippen LogP contribution in [0.3, 0.4) is 0 Å². The summed E-state index contributed by atoms with van der Waals surface area (Å²) < 4.78 is 34.6. The molecule has 0 spiro atoms. The largest absolute Gasteiger partial charge is 0.465 e. The predicted molar refractivity (Wildman–Crippen MR) is 102 cm³/mol. The van der Waals surface area contributed by atoms with Crippen molar-refractivity contribution in [1.29, 1.82) is 0 Å². The minimum Gasteiger partial charge on any atom is -0.465 e. The average molecular weight is 396 g/mol. The van der Waals surface area contributed by atoms with Gasteiger partial charge in [0.15, 0.2) is 5.78 Å². The summed E-state index contributed by atoms with van der Waals surface area (Å²) in [5.41, 5.74) is 1.03. The molecular weight excluding hydrogens is 380 g/mol. The Morgan fingerprint density at radius 3 is 2.00 bits per heavy atom. The zero-order valence-electron chi connectivity index (χ0n) is 14.9. The van der Waals surface area contributed by atoms with Crippen molar-refractivity contribution in [1.82, 2.24) is 0 Å². The van der Waals surface area contributed by atoms with Gasteiger partial charge in [-0.1, -0.05) is 36.4 Å². The number of ketones is 1. The van der Waals surface area contributed by atoms with Gasteiger partial charge in [-0.15, -0.1) is 0 Å². The number of hydrogen-bond donors (Lipinski definition) is 0. The van der Waals surface area contributed by atoms with Crippen LogP contribution in [0, 0.1) is 0 Å². The van der Waals surface area contributed by atoms with Crippen molar-refractivity contribution in [2.45, 2.75) is 4.90 Å². The Kier molecular flexibility index (Phi) is 5.56. The number of carbonyl (C=O) groups excluding carboxylic acids is 2. The third-order valence-electron chi connectivity index (χ3n) is 3.90. The molecule has 0 aromatic heterocycles. The number of methoxy groups -OCH3 is 1. The van der Waals surface area contributed by atoms with E-state index in [4.69, 9.17) is 4.18 Å². The van der Waals surface area contributed by atoms with Crippen molar-refractivity contribution in [3.63, 3.8) is 0 Å². The molecule has 3 aromatic carbocycles. The highest BCUT2D eigenvalue weighted by Crippen LogP contribution is 2.21. The van der Waals surface area contributed by atoms with Crippen molar-refractivity contribution in [3.05, 3.63) is 95.6 Å². The van der Waals surface area contributed by atoms with E-state index >= 15 is 0 Å². The van der Waals surface area contributed by atoms with Crippen LogP contribution in [0.1, 0.15) is 26.3 Å². The van der Waals surface area contributed by atoms with E-state index in [0.717, 1.165) is 0 Å². The summed E-state index contributed by atoms with van der Waals surface area (Å²) in [5, 5.41) is 0. The van der Waals surface area contributed by atoms with Crippen molar-refractivity contribution in [2.24, 2.45) is 0 Å². The molecule has 28 heavy (non-hydrogen) atoms. The molecule has 0 aliphatic rings. The first-order chi connectivity index (χ1) is 13.4. The minimum absolute atomic E-state index is 0.0492. The fourth-order valence-electron chi connectivity index (χ4n) is 2.49. The predicted octanol–water partition coefficient (Wildman–Crippen LogP) is 3.47. The van der Waals surface area contributed by atoms with Crippen LogP contribution in [0.25, 0.3) is 0 Å². The molecule has 0 aliphatic carbocycles. The van der Waals surface area contributed by atoms with Crippen LogP contribution in [0.4, 0.5) is 0 Å². The van der Waals surface area contributed by atoms with Gasteiger partial charge in [0.1, 0.15) is 10.6 Å². The van der Waals surface area contributed by atoms with E-state index in [0.29, 0.717) is 11.1 Å². The maximum atomic E-state index is 12.5. The van der Waals surface area contributed by atoms with Gasteiger partial charge in [-0.05, 0) is 42.5 Å². The van der Waals surface area contributed by atoms with Gasteiger partial charge in [-0.2, -0.15) is 8.42 Å².